The van der Waals surface area contributed by atoms with Crippen molar-refractivity contribution in [2.75, 3.05) is 32.8 Å². The molecule has 0 spiro atoms. The zero-order valence-electron chi connectivity index (χ0n) is 6.79. The summed E-state index contributed by atoms with van der Waals surface area (Å²) in [5, 5.41) is 11.9. The Kier molecular flexibility index (Phi) is 2.11. The molecule has 0 bridgehead atoms. The maximum Gasteiger partial charge on any atom is 0.0434 e. The third-order valence-corrected chi connectivity index (χ3v) is 2.80. The van der Waals surface area contributed by atoms with E-state index in [0.29, 0.717) is 6.61 Å². The Morgan fingerprint density at radius 1 is 1.36 bits per heavy atom. The number of hydrogen-bond donors (Lipinski definition) is 2. The lowest BCUT2D eigenvalue weighted by Gasteiger charge is -2.48. The van der Waals surface area contributed by atoms with Gasteiger partial charge in [0.2, 0.25) is 0 Å². The fourth-order valence-corrected chi connectivity index (χ4v) is 1.80. The molecule has 3 heteroatoms. The molecule has 2 aliphatic rings. The molecule has 2 fully saturated rings. The molecule has 2 heterocycles. The van der Waals surface area contributed by atoms with Gasteiger partial charge in [0.15, 0.2) is 0 Å². The normalized spacial score (nSPS) is 28.1. The lowest BCUT2D eigenvalue weighted by atomic mass is 9.93. The number of aliphatic hydroxyl groups excluding tert-OH is 1. The summed E-state index contributed by atoms with van der Waals surface area (Å²) in [5.74, 6) is 0.778. The molecular formula is C8H16N2O. The number of hydrogen-bond acceptors (Lipinski definition) is 3. The summed E-state index contributed by atoms with van der Waals surface area (Å²) in [5.41, 5.74) is 0. The smallest absolute Gasteiger partial charge is 0.0434 e. The van der Waals surface area contributed by atoms with E-state index in [2.05, 4.69) is 10.2 Å². The van der Waals surface area contributed by atoms with Gasteiger partial charge in [0.25, 0.3) is 0 Å². The first-order valence-electron chi connectivity index (χ1n) is 4.46. The van der Waals surface area contributed by atoms with Crippen molar-refractivity contribution in [1.29, 1.82) is 0 Å². The lowest BCUT2D eigenvalue weighted by molar-refractivity contribution is 0.0178. The highest BCUT2D eigenvalue weighted by atomic mass is 16.3. The Morgan fingerprint density at radius 2 is 2.09 bits per heavy atom. The summed E-state index contributed by atoms with van der Waals surface area (Å²) in [6.45, 7) is 5.14. The van der Waals surface area contributed by atoms with Crippen molar-refractivity contribution < 1.29 is 5.11 Å². The summed E-state index contributed by atoms with van der Waals surface area (Å²) >= 11 is 0. The van der Waals surface area contributed by atoms with Crippen molar-refractivity contribution in [3.63, 3.8) is 0 Å². The van der Waals surface area contributed by atoms with Crippen molar-refractivity contribution in [2.45, 2.75) is 12.5 Å². The van der Waals surface area contributed by atoms with E-state index in [9.17, 15) is 0 Å². The third kappa shape index (κ3) is 1.41. The van der Waals surface area contributed by atoms with Gasteiger partial charge in [0.05, 0.1) is 0 Å². The molecule has 0 aromatic carbocycles. The van der Waals surface area contributed by atoms with Crippen molar-refractivity contribution in [2.24, 2.45) is 5.92 Å². The predicted octanol–water partition coefficient (Wildman–Crippen LogP) is -0.728. The SMILES string of the molecule is OCCC1CN(C2CNC2)C1. The monoisotopic (exact) mass is 156 g/mol. The van der Waals surface area contributed by atoms with E-state index in [1.165, 1.54) is 26.2 Å². The average molecular weight is 156 g/mol. The topological polar surface area (TPSA) is 35.5 Å². The number of nitrogens with zero attached hydrogens (tertiary/aromatic N) is 1. The van der Waals surface area contributed by atoms with Gasteiger partial charge in [-0.1, -0.05) is 0 Å². The van der Waals surface area contributed by atoms with Gasteiger partial charge >= 0.3 is 0 Å². The van der Waals surface area contributed by atoms with Crippen LogP contribution in [0.25, 0.3) is 0 Å². The van der Waals surface area contributed by atoms with Crippen LogP contribution in [-0.2, 0) is 0 Å². The van der Waals surface area contributed by atoms with Gasteiger partial charge in [-0.15, -0.1) is 0 Å². The molecule has 0 atom stereocenters. The Bertz CT molecular complexity index is 130. The number of likely N-dealkylation sites (tertiary alicyclic amines) is 1. The third-order valence-electron chi connectivity index (χ3n) is 2.80. The van der Waals surface area contributed by atoms with E-state index >= 15 is 0 Å². The molecule has 11 heavy (non-hydrogen) atoms. The molecule has 0 aliphatic carbocycles. The molecule has 3 nitrogen and oxygen atoms in total. The quantitative estimate of drug-likeness (QED) is 0.565. The van der Waals surface area contributed by atoms with Gasteiger partial charge < -0.3 is 10.4 Å². The summed E-state index contributed by atoms with van der Waals surface area (Å²) in [4.78, 5) is 2.51. The van der Waals surface area contributed by atoms with Gasteiger partial charge in [-0.3, -0.25) is 4.90 Å². The second-order valence-corrected chi connectivity index (χ2v) is 3.64. The van der Waals surface area contributed by atoms with E-state index in [0.717, 1.165) is 18.4 Å². The second-order valence-electron chi connectivity index (χ2n) is 3.64. The highest BCUT2D eigenvalue weighted by Crippen LogP contribution is 2.22. The van der Waals surface area contributed by atoms with Crippen LogP contribution in [0.4, 0.5) is 0 Å². The van der Waals surface area contributed by atoms with Crippen LogP contribution in [0, 0.1) is 5.92 Å². The van der Waals surface area contributed by atoms with Crippen LogP contribution >= 0.6 is 0 Å². The first kappa shape index (κ1) is 7.53. The number of nitrogens with one attached hydrogen (secondary N) is 1. The van der Waals surface area contributed by atoms with Crippen LogP contribution in [0.1, 0.15) is 6.42 Å². The minimum absolute atomic E-state index is 0.363. The van der Waals surface area contributed by atoms with Crippen LogP contribution in [0.5, 0.6) is 0 Å². The zero-order valence-corrected chi connectivity index (χ0v) is 6.79. The lowest BCUT2D eigenvalue weighted by Crippen LogP contribution is -2.63. The molecule has 0 amide bonds. The Hall–Kier alpha value is -0.120. The summed E-state index contributed by atoms with van der Waals surface area (Å²) in [6, 6.07) is 0.810. The van der Waals surface area contributed by atoms with E-state index in [-0.39, 0.29) is 0 Å². The molecule has 0 radical (unpaired) electrons. The zero-order chi connectivity index (χ0) is 7.68. The summed E-state index contributed by atoms with van der Waals surface area (Å²) < 4.78 is 0. The molecule has 64 valence electrons. The highest BCUT2D eigenvalue weighted by molar-refractivity contribution is 4.91. The van der Waals surface area contributed by atoms with Gasteiger partial charge in [0, 0.05) is 38.8 Å². The highest BCUT2D eigenvalue weighted by Gasteiger charge is 2.34. The van der Waals surface area contributed by atoms with Crippen LogP contribution in [-0.4, -0.2) is 48.8 Å². The Balaban J connectivity index is 1.63. The second kappa shape index (κ2) is 3.09. The fraction of sp³-hybridized carbons (Fsp3) is 1.00. The maximum absolute atomic E-state index is 8.67. The van der Waals surface area contributed by atoms with Crippen molar-refractivity contribution in [3.8, 4) is 0 Å². The van der Waals surface area contributed by atoms with Gasteiger partial charge in [-0.2, -0.15) is 0 Å². The van der Waals surface area contributed by atoms with Gasteiger partial charge in [0.1, 0.15) is 0 Å². The fourth-order valence-electron chi connectivity index (χ4n) is 1.80. The largest absolute Gasteiger partial charge is 0.396 e. The molecule has 0 aromatic rings. The molecule has 2 saturated heterocycles. The molecule has 2 aliphatic heterocycles. The molecular weight excluding hydrogens is 140 g/mol. The minimum atomic E-state index is 0.363. The summed E-state index contributed by atoms with van der Waals surface area (Å²) in [7, 11) is 0. The predicted molar refractivity (Wildman–Crippen MR) is 43.4 cm³/mol. The molecule has 2 rings (SSSR count). The first-order chi connectivity index (χ1) is 5.40. The molecule has 0 saturated carbocycles. The number of rotatable bonds is 3. The molecule has 2 N–H and O–H groups in total. The van der Waals surface area contributed by atoms with Crippen molar-refractivity contribution in [3.05, 3.63) is 0 Å². The average Bonchev–Trinajstić information content (AvgIpc) is 1.79. The van der Waals surface area contributed by atoms with Crippen LogP contribution < -0.4 is 5.32 Å². The van der Waals surface area contributed by atoms with Crippen LogP contribution in [0.3, 0.4) is 0 Å². The first-order valence-corrected chi connectivity index (χ1v) is 4.46. The van der Waals surface area contributed by atoms with Crippen LogP contribution in [0.2, 0.25) is 0 Å². The Labute approximate surface area is 67.4 Å². The Morgan fingerprint density at radius 3 is 2.55 bits per heavy atom. The standard InChI is InChI=1S/C8H16N2O/c11-2-1-7-5-10(6-7)8-3-9-4-8/h7-9,11H,1-6H2. The van der Waals surface area contributed by atoms with Crippen molar-refractivity contribution >= 4 is 0 Å². The van der Waals surface area contributed by atoms with Crippen molar-refractivity contribution in [1.82, 2.24) is 10.2 Å². The van der Waals surface area contributed by atoms with E-state index in [1.807, 2.05) is 0 Å². The molecule has 0 aromatic heterocycles. The minimum Gasteiger partial charge on any atom is -0.396 e. The maximum atomic E-state index is 8.67. The molecule has 0 unspecified atom stereocenters. The van der Waals surface area contributed by atoms with E-state index in [1.54, 1.807) is 0 Å². The van der Waals surface area contributed by atoms with E-state index < -0.39 is 0 Å². The summed E-state index contributed by atoms with van der Waals surface area (Å²) in [6.07, 6.45) is 0.997. The van der Waals surface area contributed by atoms with E-state index in [4.69, 9.17) is 5.11 Å². The number of aliphatic hydroxyl groups is 1. The van der Waals surface area contributed by atoms with Crippen LogP contribution in [0.15, 0.2) is 0 Å². The van der Waals surface area contributed by atoms with Gasteiger partial charge in [-0.05, 0) is 12.3 Å². The van der Waals surface area contributed by atoms with Gasteiger partial charge in [-0.25, -0.2) is 0 Å².